The van der Waals surface area contributed by atoms with Crippen molar-refractivity contribution in [3.63, 3.8) is 0 Å². The second kappa shape index (κ2) is 6.53. The average Bonchev–Trinajstić information content (AvgIpc) is 2.72. The Kier molecular flexibility index (Phi) is 5.01. The summed E-state index contributed by atoms with van der Waals surface area (Å²) in [6.07, 6.45) is 8.28. The molecule has 1 fully saturated rings. The Balaban J connectivity index is 2.03. The molecule has 1 aromatic rings. The van der Waals surface area contributed by atoms with Gasteiger partial charge in [0.1, 0.15) is 0 Å². The maximum Gasteiger partial charge on any atom is 0.0478 e. The highest BCUT2D eigenvalue weighted by atomic mass is 32.1. The molecule has 2 N–H and O–H groups in total. The van der Waals surface area contributed by atoms with Gasteiger partial charge in [0.15, 0.2) is 0 Å². The summed E-state index contributed by atoms with van der Waals surface area (Å²) in [5.41, 5.74) is 7.37. The van der Waals surface area contributed by atoms with E-state index in [-0.39, 0.29) is 0 Å². The maximum absolute atomic E-state index is 5.97. The van der Waals surface area contributed by atoms with Crippen LogP contribution in [-0.4, -0.2) is 24.5 Å². The molecule has 0 aromatic carbocycles. The summed E-state index contributed by atoms with van der Waals surface area (Å²) in [6, 6.07) is 3.35. The van der Waals surface area contributed by atoms with E-state index in [1.807, 2.05) is 0 Å². The summed E-state index contributed by atoms with van der Waals surface area (Å²) in [5, 5.41) is 4.39. The van der Waals surface area contributed by atoms with Crippen LogP contribution in [0.25, 0.3) is 0 Å². The predicted octanol–water partition coefficient (Wildman–Crippen LogP) is 3.40. The molecule has 0 bridgehead atoms. The largest absolute Gasteiger partial charge is 0.329 e. The van der Waals surface area contributed by atoms with Crippen LogP contribution in [0.3, 0.4) is 0 Å². The van der Waals surface area contributed by atoms with Crippen molar-refractivity contribution in [2.24, 2.45) is 5.73 Å². The molecule has 1 heterocycles. The van der Waals surface area contributed by atoms with E-state index in [1.54, 1.807) is 11.3 Å². The average molecular weight is 252 g/mol. The summed E-state index contributed by atoms with van der Waals surface area (Å²) in [7, 11) is 2.26. The zero-order valence-electron chi connectivity index (χ0n) is 10.8. The molecule has 3 heteroatoms. The van der Waals surface area contributed by atoms with E-state index in [0.29, 0.717) is 6.04 Å². The first kappa shape index (κ1) is 13.1. The molecule has 1 atom stereocenters. The molecule has 96 valence electrons. The molecule has 1 aliphatic rings. The van der Waals surface area contributed by atoms with Crippen LogP contribution < -0.4 is 5.73 Å². The van der Waals surface area contributed by atoms with Crippen molar-refractivity contribution in [3.05, 3.63) is 22.4 Å². The van der Waals surface area contributed by atoms with Gasteiger partial charge in [0.05, 0.1) is 0 Å². The minimum Gasteiger partial charge on any atom is -0.329 e. The van der Waals surface area contributed by atoms with Gasteiger partial charge in [-0.2, -0.15) is 11.3 Å². The summed E-state index contributed by atoms with van der Waals surface area (Å²) < 4.78 is 0. The quantitative estimate of drug-likeness (QED) is 0.832. The molecule has 1 aliphatic carbocycles. The molecule has 2 nitrogen and oxygen atoms in total. The summed E-state index contributed by atoms with van der Waals surface area (Å²) in [5.74, 6) is 0. The molecule has 0 amide bonds. The zero-order chi connectivity index (χ0) is 12.1. The van der Waals surface area contributed by atoms with Gasteiger partial charge >= 0.3 is 0 Å². The Morgan fingerprint density at radius 2 is 2.06 bits per heavy atom. The smallest absolute Gasteiger partial charge is 0.0478 e. The third kappa shape index (κ3) is 3.30. The fraction of sp³-hybridized carbons (Fsp3) is 0.714. The second-order valence-electron chi connectivity index (χ2n) is 5.12. The molecule has 0 spiro atoms. The van der Waals surface area contributed by atoms with E-state index >= 15 is 0 Å². The lowest BCUT2D eigenvalue weighted by molar-refractivity contribution is 0.161. The fourth-order valence-electron chi connectivity index (χ4n) is 2.92. The van der Waals surface area contributed by atoms with Gasteiger partial charge in [-0.15, -0.1) is 0 Å². The molecule has 1 saturated carbocycles. The normalized spacial score (nSPS) is 20.4. The van der Waals surface area contributed by atoms with Crippen LogP contribution in [0.4, 0.5) is 0 Å². The highest BCUT2D eigenvalue weighted by Crippen LogP contribution is 2.28. The molecule has 17 heavy (non-hydrogen) atoms. The minimum atomic E-state index is 0.407. The Morgan fingerprint density at radius 1 is 1.35 bits per heavy atom. The van der Waals surface area contributed by atoms with E-state index < -0.39 is 0 Å². The van der Waals surface area contributed by atoms with Crippen LogP contribution >= 0.6 is 11.3 Å². The number of nitrogens with two attached hydrogens (primary N) is 1. The summed E-state index contributed by atoms with van der Waals surface area (Å²) in [4.78, 5) is 2.52. The SMILES string of the molecule is CN(C1CCCCCC1)C(CN)c1ccsc1. The first-order valence-corrected chi connectivity index (χ1v) is 7.71. The van der Waals surface area contributed by atoms with Gasteiger partial charge < -0.3 is 5.73 Å². The maximum atomic E-state index is 5.97. The highest BCUT2D eigenvalue weighted by molar-refractivity contribution is 7.07. The van der Waals surface area contributed by atoms with Crippen molar-refractivity contribution in [2.75, 3.05) is 13.6 Å². The number of thiophene rings is 1. The fourth-order valence-corrected chi connectivity index (χ4v) is 3.63. The van der Waals surface area contributed by atoms with Crippen molar-refractivity contribution < 1.29 is 0 Å². The third-order valence-electron chi connectivity index (χ3n) is 4.04. The standard InChI is InChI=1S/C14H24N2S/c1-16(13-6-4-2-3-5-7-13)14(10-15)12-8-9-17-11-12/h8-9,11,13-14H,2-7,10,15H2,1H3. The van der Waals surface area contributed by atoms with Gasteiger partial charge in [0.25, 0.3) is 0 Å². The van der Waals surface area contributed by atoms with Crippen molar-refractivity contribution >= 4 is 11.3 Å². The van der Waals surface area contributed by atoms with Gasteiger partial charge in [-0.05, 0) is 42.3 Å². The van der Waals surface area contributed by atoms with E-state index in [9.17, 15) is 0 Å². The van der Waals surface area contributed by atoms with E-state index in [4.69, 9.17) is 5.73 Å². The van der Waals surface area contributed by atoms with Gasteiger partial charge in [-0.25, -0.2) is 0 Å². The number of hydrogen-bond acceptors (Lipinski definition) is 3. The Labute approximate surface area is 109 Å². The molecular formula is C14H24N2S. The Morgan fingerprint density at radius 3 is 2.59 bits per heavy atom. The van der Waals surface area contributed by atoms with Crippen LogP contribution in [0.2, 0.25) is 0 Å². The molecular weight excluding hydrogens is 228 g/mol. The van der Waals surface area contributed by atoms with Gasteiger partial charge in [-0.3, -0.25) is 4.90 Å². The van der Waals surface area contributed by atoms with Crippen LogP contribution in [0, 0.1) is 0 Å². The molecule has 0 radical (unpaired) electrons. The van der Waals surface area contributed by atoms with E-state index in [2.05, 4.69) is 28.8 Å². The van der Waals surface area contributed by atoms with Crippen molar-refractivity contribution in [3.8, 4) is 0 Å². The Bertz CT molecular complexity index is 302. The number of likely N-dealkylation sites (N-methyl/N-ethyl adjacent to an activating group) is 1. The van der Waals surface area contributed by atoms with Gasteiger partial charge in [0, 0.05) is 18.6 Å². The van der Waals surface area contributed by atoms with Crippen LogP contribution in [-0.2, 0) is 0 Å². The summed E-state index contributed by atoms with van der Waals surface area (Å²) >= 11 is 1.77. The van der Waals surface area contributed by atoms with E-state index in [1.165, 1.54) is 44.1 Å². The lowest BCUT2D eigenvalue weighted by atomic mass is 10.0. The van der Waals surface area contributed by atoms with Gasteiger partial charge in [-0.1, -0.05) is 25.7 Å². The topological polar surface area (TPSA) is 29.3 Å². The van der Waals surface area contributed by atoms with Crippen molar-refractivity contribution in [2.45, 2.75) is 50.6 Å². The minimum absolute atomic E-state index is 0.407. The predicted molar refractivity (Wildman–Crippen MR) is 75.4 cm³/mol. The van der Waals surface area contributed by atoms with Crippen LogP contribution in [0.5, 0.6) is 0 Å². The first-order valence-electron chi connectivity index (χ1n) is 6.77. The molecule has 0 saturated heterocycles. The number of rotatable bonds is 4. The van der Waals surface area contributed by atoms with Gasteiger partial charge in [0.2, 0.25) is 0 Å². The molecule has 0 aliphatic heterocycles. The number of hydrogen-bond donors (Lipinski definition) is 1. The van der Waals surface area contributed by atoms with Crippen LogP contribution in [0.15, 0.2) is 16.8 Å². The highest BCUT2D eigenvalue weighted by Gasteiger charge is 2.24. The zero-order valence-corrected chi connectivity index (χ0v) is 11.6. The third-order valence-corrected chi connectivity index (χ3v) is 4.74. The van der Waals surface area contributed by atoms with Crippen molar-refractivity contribution in [1.82, 2.24) is 4.90 Å². The van der Waals surface area contributed by atoms with Crippen molar-refractivity contribution in [1.29, 1.82) is 0 Å². The van der Waals surface area contributed by atoms with E-state index in [0.717, 1.165) is 12.6 Å². The first-order chi connectivity index (χ1) is 8.33. The lowest BCUT2D eigenvalue weighted by Crippen LogP contribution is -2.38. The summed E-state index contributed by atoms with van der Waals surface area (Å²) in [6.45, 7) is 0.726. The molecule has 1 unspecified atom stereocenters. The lowest BCUT2D eigenvalue weighted by Gasteiger charge is -2.34. The monoisotopic (exact) mass is 252 g/mol. The second-order valence-corrected chi connectivity index (χ2v) is 5.90. The Hall–Kier alpha value is -0.380. The van der Waals surface area contributed by atoms with Crippen LogP contribution in [0.1, 0.15) is 50.1 Å². The molecule has 1 aromatic heterocycles. The number of nitrogens with zero attached hydrogens (tertiary/aromatic N) is 1. The molecule has 2 rings (SSSR count).